The number of fused-ring (bicyclic) bond motifs is 1. The van der Waals surface area contributed by atoms with Crippen LogP contribution in [0.1, 0.15) is 41.3 Å². The summed E-state index contributed by atoms with van der Waals surface area (Å²) in [5.41, 5.74) is 1.19. The van der Waals surface area contributed by atoms with Crippen molar-refractivity contribution >= 4 is 16.7 Å². The topological polar surface area (TPSA) is 74.6 Å². The predicted molar refractivity (Wildman–Crippen MR) is 134 cm³/mol. The van der Waals surface area contributed by atoms with Gasteiger partial charge in [0.25, 0.3) is 5.91 Å². The Labute approximate surface area is 205 Å². The number of methoxy groups -OCH3 is 2. The van der Waals surface area contributed by atoms with E-state index >= 15 is 0 Å². The molecule has 6 nitrogen and oxygen atoms in total. The van der Waals surface area contributed by atoms with Crippen LogP contribution in [0.25, 0.3) is 10.8 Å². The second-order valence-electron chi connectivity index (χ2n) is 8.88. The van der Waals surface area contributed by atoms with Gasteiger partial charge in [0, 0.05) is 22.7 Å². The molecule has 0 aromatic heterocycles. The highest BCUT2D eigenvalue weighted by molar-refractivity contribution is 6.12. The van der Waals surface area contributed by atoms with Gasteiger partial charge < -0.3 is 19.7 Å². The van der Waals surface area contributed by atoms with Gasteiger partial charge in [0.1, 0.15) is 23.2 Å². The maximum atomic E-state index is 13.7. The number of benzene rings is 3. The van der Waals surface area contributed by atoms with Crippen LogP contribution in [0.4, 0.5) is 4.39 Å². The quantitative estimate of drug-likeness (QED) is 0.538. The molecule has 1 saturated heterocycles. The molecule has 182 valence electrons. The van der Waals surface area contributed by atoms with Gasteiger partial charge in [0.2, 0.25) is 0 Å². The third-order valence-electron chi connectivity index (χ3n) is 7.17. The lowest BCUT2D eigenvalue weighted by molar-refractivity contribution is 0.0922. The highest BCUT2D eigenvalue weighted by Gasteiger charge is 2.37. The Hall–Kier alpha value is -3.63. The number of piperidine rings is 1. The normalized spacial score (nSPS) is 15.4. The molecule has 3 aromatic rings. The standard InChI is InChI=1S/C28H30FN3O3/c1-4-32-15-13-28(14-16-32,19-9-11-20(29)12-10-19)18-31-27(33)24-21-7-5-6-8-22(21)25(34-2)23(17-30)26(24)35-3/h5-12H,4,13-16,18H2,1-3H3,(H,31,33). The first-order valence-corrected chi connectivity index (χ1v) is 11.8. The SMILES string of the molecule is CCN1CCC(CNC(=O)c2c(OC)c(C#N)c(OC)c3ccccc23)(c2ccc(F)cc2)CC1. The minimum atomic E-state index is -0.323. The summed E-state index contributed by atoms with van der Waals surface area (Å²) in [6, 6.07) is 16.1. The van der Waals surface area contributed by atoms with Crippen LogP contribution in [0.3, 0.4) is 0 Å². The molecule has 0 spiro atoms. The second-order valence-corrected chi connectivity index (χ2v) is 8.88. The number of ether oxygens (including phenoxy) is 2. The number of rotatable bonds is 7. The van der Waals surface area contributed by atoms with Crippen molar-refractivity contribution in [2.45, 2.75) is 25.2 Å². The largest absolute Gasteiger partial charge is 0.495 e. The number of nitrogens with zero attached hydrogens (tertiary/aromatic N) is 2. The van der Waals surface area contributed by atoms with E-state index in [1.807, 2.05) is 36.4 Å². The Kier molecular flexibility index (Phi) is 7.23. The molecule has 0 radical (unpaired) electrons. The van der Waals surface area contributed by atoms with Crippen molar-refractivity contribution in [2.24, 2.45) is 0 Å². The van der Waals surface area contributed by atoms with Crippen molar-refractivity contribution in [1.82, 2.24) is 10.2 Å². The van der Waals surface area contributed by atoms with Gasteiger partial charge in [-0.05, 0) is 50.2 Å². The summed E-state index contributed by atoms with van der Waals surface area (Å²) in [5, 5.41) is 14.3. The van der Waals surface area contributed by atoms with Crippen molar-refractivity contribution in [3.05, 3.63) is 71.0 Å². The summed E-state index contributed by atoms with van der Waals surface area (Å²) >= 11 is 0. The van der Waals surface area contributed by atoms with Crippen LogP contribution >= 0.6 is 0 Å². The molecule has 4 rings (SSSR count). The van der Waals surface area contributed by atoms with Crippen LogP contribution < -0.4 is 14.8 Å². The van der Waals surface area contributed by atoms with E-state index in [0.29, 0.717) is 28.6 Å². The molecule has 35 heavy (non-hydrogen) atoms. The zero-order valence-electron chi connectivity index (χ0n) is 20.4. The Morgan fingerprint density at radius 2 is 1.69 bits per heavy atom. The van der Waals surface area contributed by atoms with E-state index in [1.165, 1.54) is 26.4 Å². The van der Waals surface area contributed by atoms with Gasteiger partial charge in [-0.25, -0.2) is 4.39 Å². The summed E-state index contributed by atoms with van der Waals surface area (Å²) in [7, 11) is 2.94. The van der Waals surface area contributed by atoms with Crippen molar-refractivity contribution in [2.75, 3.05) is 40.4 Å². The van der Waals surface area contributed by atoms with Crippen LogP contribution in [-0.2, 0) is 5.41 Å². The number of hydrogen-bond donors (Lipinski definition) is 1. The molecule has 1 aliphatic heterocycles. The fraction of sp³-hybridized carbons (Fsp3) is 0.357. The highest BCUT2D eigenvalue weighted by atomic mass is 19.1. The summed E-state index contributed by atoms with van der Waals surface area (Å²) in [6.45, 7) is 5.30. The Morgan fingerprint density at radius 3 is 2.26 bits per heavy atom. The first-order valence-electron chi connectivity index (χ1n) is 11.8. The van der Waals surface area contributed by atoms with Gasteiger partial charge >= 0.3 is 0 Å². The van der Waals surface area contributed by atoms with Crippen molar-refractivity contribution in [1.29, 1.82) is 5.26 Å². The Bertz CT molecular complexity index is 1260. The molecular formula is C28H30FN3O3. The number of carbonyl (C=O) groups excluding carboxylic acids is 1. The van der Waals surface area contributed by atoms with Gasteiger partial charge in [-0.1, -0.05) is 43.3 Å². The lowest BCUT2D eigenvalue weighted by atomic mass is 9.72. The number of amides is 1. The summed E-state index contributed by atoms with van der Waals surface area (Å²) < 4.78 is 24.8. The minimum Gasteiger partial charge on any atom is -0.495 e. The smallest absolute Gasteiger partial charge is 0.255 e. The molecule has 0 bridgehead atoms. The first-order chi connectivity index (χ1) is 17.0. The van der Waals surface area contributed by atoms with E-state index in [2.05, 4.69) is 23.2 Å². The van der Waals surface area contributed by atoms with Gasteiger partial charge in [-0.2, -0.15) is 5.26 Å². The van der Waals surface area contributed by atoms with Crippen LogP contribution in [0, 0.1) is 17.1 Å². The first kappa shape index (κ1) is 24.5. The molecular weight excluding hydrogens is 445 g/mol. The van der Waals surface area contributed by atoms with Crippen molar-refractivity contribution in [3.8, 4) is 17.6 Å². The van der Waals surface area contributed by atoms with E-state index in [9.17, 15) is 14.4 Å². The van der Waals surface area contributed by atoms with E-state index < -0.39 is 0 Å². The molecule has 3 aromatic carbocycles. The van der Waals surface area contributed by atoms with Gasteiger partial charge in [0.05, 0.1) is 19.8 Å². The molecule has 7 heteroatoms. The summed E-state index contributed by atoms with van der Waals surface area (Å²) in [4.78, 5) is 16.1. The molecule has 0 aliphatic carbocycles. The fourth-order valence-electron chi connectivity index (χ4n) is 5.13. The number of likely N-dealkylation sites (tertiary alicyclic amines) is 1. The Balaban J connectivity index is 1.73. The third-order valence-corrected chi connectivity index (χ3v) is 7.17. The van der Waals surface area contributed by atoms with Gasteiger partial charge in [0.15, 0.2) is 5.75 Å². The number of hydrogen-bond acceptors (Lipinski definition) is 5. The highest BCUT2D eigenvalue weighted by Crippen LogP contribution is 2.41. The lowest BCUT2D eigenvalue weighted by Crippen LogP contribution is -2.49. The van der Waals surface area contributed by atoms with E-state index in [0.717, 1.165) is 38.0 Å². The number of carbonyl (C=O) groups is 1. The zero-order valence-corrected chi connectivity index (χ0v) is 20.4. The fourth-order valence-corrected chi connectivity index (χ4v) is 5.13. The zero-order chi connectivity index (χ0) is 25.0. The van der Waals surface area contributed by atoms with Gasteiger partial charge in [-0.3, -0.25) is 4.79 Å². The molecule has 0 unspecified atom stereocenters. The van der Waals surface area contributed by atoms with Crippen LogP contribution in [0.2, 0.25) is 0 Å². The van der Waals surface area contributed by atoms with Crippen molar-refractivity contribution in [3.63, 3.8) is 0 Å². The van der Waals surface area contributed by atoms with Crippen LogP contribution in [0.5, 0.6) is 11.5 Å². The summed E-state index contributed by atoms with van der Waals surface area (Å²) in [6.07, 6.45) is 1.69. The molecule has 0 saturated carbocycles. The Morgan fingerprint density at radius 1 is 1.06 bits per heavy atom. The van der Waals surface area contributed by atoms with Crippen LogP contribution in [-0.4, -0.2) is 51.2 Å². The van der Waals surface area contributed by atoms with E-state index in [-0.39, 0.29) is 28.5 Å². The van der Waals surface area contributed by atoms with E-state index in [1.54, 1.807) is 0 Å². The minimum absolute atomic E-state index is 0.184. The molecule has 1 heterocycles. The van der Waals surface area contributed by atoms with Gasteiger partial charge in [-0.15, -0.1) is 0 Å². The van der Waals surface area contributed by atoms with Crippen LogP contribution in [0.15, 0.2) is 48.5 Å². The second kappa shape index (κ2) is 10.3. The van der Waals surface area contributed by atoms with E-state index in [4.69, 9.17) is 9.47 Å². The number of nitrogens with one attached hydrogen (secondary N) is 1. The molecule has 1 aliphatic rings. The average Bonchev–Trinajstić information content (AvgIpc) is 2.90. The third kappa shape index (κ3) is 4.54. The molecule has 1 amide bonds. The lowest BCUT2D eigenvalue weighted by Gasteiger charge is -2.42. The van der Waals surface area contributed by atoms with Crippen molar-refractivity contribution < 1.29 is 18.7 Å². The summed E-state index contributed by atoms with van der Waals surface area (Å²) in [5.74, 6) is -0.0302. The average molecular weight is 476 g/mol. The maximum Gasteiger partial charge on any atom is 0.255 e. The monoisotopic (exact) mass is 475 g/mol. The molecule has 1 N–H and O–H groups in total. The molecule has 0 atom stereocenters. The molecule has 1 fully saturated rings. The predicted octanol–water partition coefficient (Wildman–Crippen LogP) is 4.65. The maximum absolute atomic E-state index is 13.7. The number of halogens is 1. The number of nitriles is 1.